The van der Waals surface area contributed by atoms with E-state index < -0.39 is 35.9 Å². The number of ether oxygens (including phenoxy) is 1. The Kier molecular flexibility index (Phi) is 4.37. The lowest BCUT2D eigenvalue weighted by atomic mass is 9.84. The minimum Gasteiger partial charge on any atom is -0.481 e. The van der Waals surface area contributed by atoms with Gasteiger partial charge in [-0.05, 0) is 27.2 Å². The van der Waals surface area contributed by atoms with Gasteiger partial charge in [0.25, 0.3) is 0 Å². The predicted molar refractivity (Wildman–Crippen MR) is 63.1 cm³/mol. The molecule has 5 nitrogen and oxygen atoms in total. The van der Waals surface area contributed by atoms with Gasteiger partial charge in [0.15, 0.2) is 0 Å². The number of alkyl halides is 2. The zero-order valence-electron chi connectivity index (χ0n) is 11.3. The standard InChI is InChI=1S/C12H19F2NO4/c1-11(2,3)19-10(18)15-5-4-12(7-15,9(16)17)6-8(13)14/h8H,4-7H2,1-3H3,(H,16,17). The van der Waals surface area contributed by atoms with Crippen LogP contribution in [0.5, 0.6) is 0 Å². The van der Waals surface area contributed by atoms with E-state index in [0.717, 1.165) is 0 Å². The fourth-order valence-corrected chi connectivity index (χ4v) is 2.08. The number of rotatable bonds is 3. The van der Waals surface area contributed by atoms with Crippen LogP contribution in [0.25, 0.3) is 0 Å². The van der Waals surface area contributed by atoms with E-state index in [1.807, 2.05) is 0 Å². The number of hydrogen-bond donors (Lipinski definition) is 1. The molecule has 19 heavy (non-hydrogen) atoms. The van der Waals surface area contributed by atoms with Crippen molar-refractivity contribution in [3.05, 3.63) is 0 Å². The molecule has 1 aliphatic rings. The molecular weight excluding hydrogens is 260 g/mol. The van der Waals surface area contributed by atoms with Crippen LogP contribution < -0.4 is 0 Å². The normalized spacial score (nSPS) is 23.8. The first-order valence-corrected chi connectivity index (χ1v) is 6.05. The van der Waals surface area contributed by atoms with Gasteiger partial charge in [-0.15, -0.1) is 0 Å². The molecule has 0 saturated carbocycles. The third-order valence-corrected chi connectivity index (χ3v) is 3.00. The molecule has 110 valence electrons. The minimum atomic E-state index is -2.71. The molecule has 1 aliphatic heterocycles. The third kappa shape index (κ3) is 4.04. The van der Waals surface area contributed by atoms with Crippen LogP contribution >= 0.6 is 0 Å². The van der Waals surface area contributed by atoms with Crippen LogP contribution in [0.3, 0.4) is 0 Å². The van der Waals surface area contributed by atoms with Gasteiger partial charge < -0.3 is 14.7 Å². The zero-order valence-corrected chi connectivity index (χ0v) is 11.3. The van der Waals surface area contributed by atoms with Gasteiger partial charge in [-0.3, -0.25) is 4.79 Å². The maximum absolute atomic E-state index is 12.5. The first kappa shape index (κ1) is 15.7. The van der Waals surface area contributed by atoms with Crippen molar-refractivity contribution in [1.29, 1.82) is 0 Å². The molecule has 0 aliphatic carbocycles. The fourth-order valence-electron chi connectivity index (χ4n) is 2.08. The Balaban J connectivity index is 2.74. The highest BCUT2D eigenvalue weighted by molar-refractivity contribution is 5.78. The zero-order chi connectivity index (χ0) is 14.8. The minimum absolute atomic E-state index is 0.0198. The number of halogens is 2. The van der Waals surface area contributed by atoms with Gasteiger partial charge in [0.05, 0.1) is 5.41 Å². The SMILES string of the molecule is CC(C)(C)OC(=O)N1CCC(CC(F)F)(C(=O)O)C1. The Morgan fingerprint density at radius 2 is 2.00 bits per heavy atom. The quantitative estimate of drug-likeness (QED) is 0.861. The summed E-state index contributed by atoms with van der Waals surface area (Å²) >= 11 is 0. The highest BCUT2D eigenvalue weighted by Crippen LogP contribution is 2.37. The molecule has 0 aromatic carbocycles. The van der Waals surface area contributed by atoms with E-state index in [1.165, 1.54) is 4.90 Å². The molecule has 0 radical (unpaired) electrons. The van der Waals surface area contributed by atoms with Gasteiger partial charge in [0, 0.05) is 19.5 Å². The summed E-state index contributed by atoms with van der Waals surface area (Å²) in [7, 11) is 0. The number of carbonyl (C=O) groups excluding carboxylic acids is 1. The van der Waals surface area contributed by atoms with Crippen molar-refractivity contribution in [1.82, 2.24) is 4.90 Å². The third-order valence-electron chi connectivity index (χ3n) is 3.00. The number of carboxylic acid groups (broad SMARTS) is 1. The van der Waals surface area contributed by atoms with Gasteiger partial charge in [0.2, 0.25) is 6.43 Å². The van der Waals surface area contributed by atoms with E-state index in [-0.39, 0.29) is 19.5 Å². The second-order valence-electron chi connectivity index (χ2n) is 5.83. The van der Waals surface area contributed by atoms with Crippen LogP contribution in [-0.2, 0) is 9.53 Å². The summed E-state index contributed by atoms with van der Waals surface area (Å²) in [5.74, 6) is -1.29. The molecule has 7 heteroatoms. The average molecular weight is 279 g/mol. The van der Waals surface area contributed by atoms with Crippen molar-refractivity contribution in [2.24, 2.45) is 5.41 Å². The number of aliphatic carboxylic acids is 1. The van der Waals surface area contributed by atoms with E-state index in [1.54, 1.807) is 20.8 Å². The molecule has 1 N–H and O–H groups in total. The maximum Gasteiger partial charge on any atom is 0.410 e. The van der Waals surface area contributed by atoms with E-state index >= 15 is 0 Å². The van der Waals surface area contributed by atoms with Crippen LogP contribution in [0.15, 0.2) is 0 Å². The molecule has 1 atom stereocenters. The van der Waals surface area contributed by atoms with Crippen molar-refractivity contribution >= 4 is 12.1 Å². The number of carbonyl (C=O) groups is 2. The molecule has 0 aromatic rings. The van der Waals surface area contributed by atoms with Gasteiger partial charge >= 0.3 is 12.1 Å². The van der Waals surface area contributed by atoms with Crippen molar-refractivity contribution < 1.29 is 28.2 Å². The van der Waals surface area contributed by atoms with Gasteiger partial charge in [-0.25, -0.2) is 13.6 Å². The molecule has 1 fully saturated rings. The van der Waals surface area contributed by atoms with Gasteiger partial charge in [0.1, 0.15) is 5.60 Å². The lowest BCUT2D eigenvalue weighted by Crippen LogP contribution is -2.40. The number of carboxylic acids is 1. The number of hydrogen-bond acceptors (Lipinski definition) is 3. The monoisotopic (exact) mass is 279 g/mol. The van der Waals surface area contributed by atoms with Crippen molar-refractivity contribution in [3.8, 4) is 0 Å². The lowest BCUT2D eigenvalue weighted by molar-refractivity contribution is -0.150. The largest absolute Gasteiger partial charge is 0.481 e. The van der Waals surface area contributed by atoms with Crippen LogP contribution in [0.4, 0.5) is 13.6 Å². The summed E-state index contributed by atoms with van der Waals surface area (Å²) < 4.78 is 30.1. The van der Waals surface area contributed by atoms with E-state index in [4.69, 9.17) is 9.84 Å². The van der Waals surface area contributed by atoms with Crippen LogP contribution in [0, 0.1) is 5.41 Å². The summed E-state index contributed by atoms with van der Waals surface area (Å²) in [5, 5.41) is 9.13. The number of amides is 1. The van der Waals surface area contributed by atoms with Crippen molar-refractivity contribution in [2.75, 3.05) is 13.1 Å². The molecule has 0 spiro atoms. The Hall–Kier alpha value is -1.40. The Labute approximate surface area is 110 Å². The summed E-state index contributed by atoms with van der Waals surface area (Å²) in [6, 6.07) is 0. The molecule has 1 heterocycles. The van der Waals surface area contributed by atoms with Gasteiger partial charge in [-0.1, -0.05) is 0 Å². The number of nitrogens with zero attached hydrogens (tertiary/aromatic N) is 1. The first-order valence-electron chi connectivity index (χ1n) is 6.05. The smallest absolute Gasteiger partial charge is 0.410 e. The van der Waals surface area contributed by atoms with Crippen LogP contribution in [0.2, 0.25) is 0 Å². The first-order chi connectivity index (χ1) is 8.56. The van der Waals surface area contributed by atoms with E-state index in [9.17, 15) is 18.4 Å². The van der Waals surface area contributed by atoms with E-state index in [2.05, 4.69) is 0 Å². The maximum atomic E-state index is 12.5. The fraction of sp³-hybridized carbons (Fsp3) is 0.833. The Morgan fingerprint density at radius 1 is 1.42 bits per heavy atom. The Morgan fingerprint density at radius 3 is 2.42 bits per heavy atom. The van der Waals surface area contributed by atoms with Crippen molar-refractivity contribution in [3.63, 3.8) is 0 Å². The van der Waals surface area contributed by atoms with Gasteiger partial charge in [-0.2, -0.15) is 0 Å². The van der Waals surface area contributed by atoms with E-state index in [0.29, 0.717) is 0 Å². The van der Waals surface area contributed by atoms with Crippen molar-refractivity contribution in [2.45, 2.75) is 45.6 Å². The molecule has 0 aromatic heterocycles. The van der Waals surface area contributed by atoms with Crippen LogP contribution in [-0.4, -0.2) is 47.2 Å². The molecule has 1 amide bonds. The summed E-state index contributed by atoms with van der Waals surface area (Å²) in [6.45, 7) is 4.94. The second-order valence-corrected chi connectivity index (χ2v) is 5.83. The lowest BCUT2D eigenvalue weighted by Gasteiger charge is -2.26. The highest BCUT2D eigenvalue weighted by atomic mass is 19.3. The summed E-state index contributed by atoms with van der Waals surface area (Å²) in [4.78, 5) is 24.2. The molecular formula is C12H19F2NO4. The topological polar surface area (TPSA) is 66.8 Å². The Bertz CT molecular complexity index is 367. The summed E-state index contributed by atoms with van der Waals surface area (Å²) in [6.07, 6.45) is -4.10. The van der Waals surface area contributed by atoms with Crippen LogP contribution in [0.1, 0.15) is 33.6 Å². The predicted octanol–water partition coefficient (Wildman–Crippen LogP) is 2.35. The molecule has 1 unspecified atom stereocenters. The number of likely N-dealkylation sites (tertiary alicyclic amines) is 1. The second kappa shape index (κ2) is 5.30. The molecule has 1 saturated heterocycles. The molecule has 0 bridgehead atoms. The highest BCUT2D eigenvalue weighted by Gasteiger charge is 2.48. The molecule has 1 rings (SSSR count). The average Bonchev–Trinajstić information content (AvgIpc) is 2.59. The summed E-state index contributed by atoms with van der Waals surface area (Å²) in [5.41, 5.74) is -2.26.